The molecule has 5 N–H and O–H groups in total. The van der Waals surface area contributed by atoms with Gasteiger partial charge in [0.15, 0.2) is 5.82 Å². The normalized spacial score (nSPS) is 11.0. The van der Waals surface area contributed by atoms with Gasteiger partial charge in [-0.25, -0.2) is 24.7 Å². The Morgan fingerprint density at radius 2 is 1.48 bits per heavy atom. The smallest absolute Gasteiger partial charge is 0.348 e. The van der Waals surface area contributed by atoms with Gasteiger partial charge in [-0.3, -0.25) is 0 Å². The van der Waals surface area contributed by atoms with Crippen LogP contribution < -0.4 is 5.69 Å². The average molecular weight is 748 g/mol. The Morgan fingerprint density at radius 3 is 2.16 bits per heavy atom. The van der Waals surface area contributed by atoms with E-state index in [-0.39, 0.29) is 67.4 Å². The van der Waals surface area contributed by atoms with Crippen molar-refractivity contribution in [3.8, 4) is 57.1 Å². The molecule has 0 aliphatic carbocycles. The van der Waals surface area contributed by atoms with Crippen molar-refractivity contribution < 1.29 is 53.1 Å². The van der Waals surface area contributed by atoms with Crippen LogP contribution in [-0.2, 0) is 46.2 Å². The van der Waals surface area contributed by atoms with Gasteiger partial charge in [0.1, 0.15) is 23.0 Å². The molecule has 1 radical (unpaired) electrons. The summed E-state index contributed by atoms with van der Waals surface area (Å²) in [6.07, 6.45) is 5.72. The fraction of sp³-hybridized carbons (Fsp3) is 0.189. The number of aromatic hydroxyl groups is 4. The number of aromatic nitrogens is 7. The molecule has 0 aliphatic rings. The van der Waals surface area contributed by atoms with Crippen LogP contribution in [0.25, 0.3) is 45.1 Å². The van der Waals surface area contributed by atoms with Gasteiger partial charge in [0.05, 0.1) is 17.1 Å². The average Bonchev–Trinajstić information content (AvgIpc) is 3.81. The molecule has 7 aromatic rings. The quantitative estimate of drug-likeness (QED) is 0.124. The van der Waals surface area contributed by atoms with Crippen LogP contribution in [0, 0.1) is 13.3 Å². The van der Waals surface area contributed by atoms with Crippen molar-refractivity contribution >= 4 is 10.9 Å². The van der Waals surface area contributed by atoms with Gasteiger partial charge >= 0.3 is 5.69 Å². The van der Waals surface area contributed by atoms with Crippen molar-refractivity contribution in [1.29, 1.82) is 0 Å². The Labute approximate surface area is 313 Å². The van der Waals surface area contributed by atoms with Crippen molar-refractivity contribution in [2.24, 2.45) is 7.05 Å². The van der Waals surface area contributed by atoms with Gasteiger partial charge in [0.25, 0.3) is 0 Å². The molecule has 0 aliphatic heterocycles. The van der Waals surface area contributed by atoms with E-state index in [2.05, 4.69) is 33.6 Å². The second kappa shape index (κ2) is 14.7. The summed E-state index contributed by atoms with van der Waals surface area (Å²) < 4.78 is 5.10. The Hall–Kier alpha value is -5.20. The fourth-order valence-corrected chi connectivity index (χ4v) is 5.67. The van der Waals surface area contributed by atoms with Crippen molar-refractivity contribution in [3.63, 3.8) is 0 Å². The number of nitrogens with zero attached hydrogens (tertiary/aromatic N) is 6. The van der Waals surface area contributed by atoms with Gasteiger partial charge in [-0.05, 0) is 60.7 Å². The minimum Gasteiger partial charge on any atom is -0.508 e. The molecule has 12 nitrogen and oxygen atoms in total. The van der Waals surface area contributed by atoms with Crippen LogP contribution in [-0.4, -0.2) is 54.5 Å². The zero-order chi connectivity index (χ0) is 35.0. The van der Waals surface area contributed by atoms with E-state index in [0.29, 0.717) is 33.8 Å². The Kier molecular flexibility index (Phi) is 10.6. The van der Waals surface area contributed by atoms with Gasteiger partial charge in [-0.2, -0.15) is 5.10 Å². The van der Waals surface area contributed by atoms with Crippen LogP contribution in [0.4, 0.5) is 0 Å². The first-order valence-corrected chi connectivity index (χ1v) is 15.7. The van der Waals surface area contributed by atoms with Crippen molar-refractivity contribution in [3.05, 3.63) is 112 Å². The molecule has 0 bridgehead atoms. The number of rotatable bonds is 6. The third kappa shape index (κ3) is 6.94. The van der Waals surface area contributed by atoms with E-state index in [1.165, 1.54) is 22.3 Å². The van der Waals surface area contributed by atoms with Gasteiger partial charge in [0, 0.05) is 80.9 Å². The number of hydrogen-bond donors (Lipinski definition) is 5. The second-order valence-corrected chi connectivity index (χ2v) is 12.1. The molecule has 3 heterocycles. The SMILES string of the molecule is CC(C)c1cc(-c2n[nH]c(=O)n2-c2ccc3c(ccn3C)c2)c(O)cc1O.CCc1ccc(-n2[c-]nnc2-c2cc(C)c(O)cc2O)cc1.[Y]. The molecule has 0 unspecified atom stereocenters. The molecular weight excluding hydrogens is 711 g/mol. The number of phenolic OH excluding ortho intramolecular Hbond substituents is 4. The molecular formula is C37H36N7O5Y-. The third-order valence-corrected chi connectivity index (χ3v) is 8.47. The van der Waals surface area contributed by atoms with Gasteiger partial charge in [-0.1, -0.05) is 62.4 Å². The van der Waals surface area contributed by atoms with E-state index in [0.717, 1.165) is 23.0 Å². The number of phenols is 4. The third-order valence-electron chi connectivity index (χ3n) is 8.47. The second-order valence-electron chi connectivity index (χ2n) is 12.1. The molecule has 0 atom stereocenters. The van der Waals surface area contributed by atoms with Gasteiger partial charge < -0.3 is 29.6 Å². The minimum atomic E-state index is -0.404. The van der Waals surface area contributed by atoms with Crippen LogP contribution in [0.15, 0.2) is 83.8 Å². The number of aryl methyl sites for hydroxylation is 3. The zero-order valence-electron chi connectivity index (χ0n) is 28.2. The largest absolute Gasteiger partial charge is 0.508 e. The fourth-order valence-electron chi connectivity index (χ4n) is 5.67. The van der Waals surface area contributed by atoms with Gasteiger partial charge in [0.2, 0.25) is 0 Å². The topological polar surface area (TPSA) is 167 Å². The monoisotopic (exact) mass is 747 g/mol. The van der Waals surface area contributed by atoms with Crippen molar-refractivity contribution in [2.75, 3.05) is 0 Å². The van der Waals surface area contributed by atoms with Crippen molar-refractivity contribution in [2.45, 2.75) is 40.0 Å². The first-order valence-electron chi connectivity index (χ1n) is 15.7. The summed E-state index contributed by atoms with van der Waals surface area (Å²) in [5, 5.41) is 55.6. The molecule has 0 saturated carbocycles. The van der Waals surface area contributed by atoms with Crippen LogP contribution in [0.5, 0.6) is 23.0 Å². The molecule has 0 amide bonds. The van der Waals surface area contributed by atoms with Crippen LogP contribution in [0.1, 0.15) is 43.4 Å². The van der Waals surface area contributed by atoms with Crippen LogP contribution in [0.3, 0.4) is 0 Å². The molecule has 50 heavy (non-hydrogen) atoms. The number of hydrogen-bond acceptors (Lipinski definition) is 8. The molecule has 253 valence electrons. The zero-order valence-corrected chi connectivity index (χ0v) is 31.1. The summed E-state index contributed by atoms with van der Waals surface area (Å²) in [4.78, 5) is 12.5. The Balaban J connectivity index is 0.000000195. The Bertz CT molecular complexity index is 2350. The first-order chi connectivity index (χ1) is 23.5. The van der Waals surface area contributed by atoms with Crippen molar-refractivity contribution in [1.82, 2.24) is 34.1 Å². The number of nitrogens with one attached hydrogen (secondary N) is 1. The Morgan fingerprint density at radius 1 is 0.820 bits per heavy atom. The first kappa shape index (κ1) is 36.1. The molecule has 0 spiro atoms. The molecule has 7 rings (SSSR count). The van der Waals surface area contributed by atoms with E-state index in [1.54, 1.807) is 23.6 Å². The predicted molar refractivity (Wildman–Crippen MR) is 187 cm³/mol. The molecule has 13 heteroatoms. The number of H-pyrrole nitrogens is 1. The van der Waals surface area contributed by atoms with E-state index in [1.807, 2.05) is 80.2 Å². The summed E-state index contributed by atoms with van der Waals surface area (Å²) in [7, 11) is 1.96. The predicted octanol–water partition coefficient (Wildman–Crippen LogP) is 6.27. The summed E-state index contributed by atoms with van der Waals surface area (Å²) in [6, 6.07) is 21.6. The summed E-state index contributed by atoms with van der Waals surface area (Å²) >= 11 is 0. The number of benzene rings is 4. The van der Waals surface area contributed by atoms with E-state index in [9.17, 15) is 25.2 Å². The van der Waals surface area contributed by atoms with E-state index >= 15 is 0 Å². The maximum atomic E-state index is 12.5. The maximum absolute atomic E-state index is 12.5. The number of aromatic amines is 1. The number of fused-ring (bicyclic) bond motifs is 1. The molecule has 0 fully saturated rings. The van der Waals surface area contributed by atoms with Crippen LogP contribution >= 0.6 is 0 Å². The maximum Gasteiger partial charge on any atom is 0.348 e. The summed E-state index contributed by atoms with van der Waals surface area (Å²) in [5.41, 5.74) is 5.59. The standard InChI is InChI=1S/C20H20N4O3.C17H16N3O2.Y/c1-11(2)14-9-15(18(26)10-17(14)25)19-21-22-20(27)24(19)13-4-5-16-12(8-13)6-7-23(16)3;1-3-12-4-6-13(7-5-12)20-10-18-19-17(20)14-8-11(2)15(21)9-16(14)22;/h4-11,25-26H,1-3H3,(H,22,27);4-9,21-22H,3H2,1-2H3;/q;-1;. The van der Waals surface area contributed by atoms with Gasteiger partial charge in [-0.15, -0.1) is 0 Å². The molecule has 0 saturated heterocycles. The minimum absolute atomic E-state index is 0. The van der Waals surface area contributed by atoms with E-state index in [4.69, 9.17) is 0 Å². The van der Waals surface area contributed by atoms with Crippen LogP contribution in [0.2, 0.25) is 0 Å². The summed E-state index contributed by atoms with van der Waals surface area (Å²) in [6.45, 7) is 7.75. The molecule has 4 aromatic carbocycles. The summed E-state index contributed by atoms with van der Waals surface area (Å²) in [5.74, 6) is 0.683. The molecule has 3 aromatic heterocycles. The van der Waals surface area contributed by atoms with E-state index < -0.39 is 5.69 Å².